The topological polar surface area (TPSA) is 102 Å². The van der Waals surface area contributed by atoms with E-state index in [2.05, 4.69) is 10.3 Å². The highest BCUT2D eigenvalue weighted by Crippen LogP contribution is 2.24. The van der Waals surface area contributed by atoms with Crippen LogP contribution in [-0.2, 0) is 14.8 Å². The highest BCUT2D eigenvalue weighted by atomic mass is 35.5. The number of nitrogens with one attached hydrogen (secondary N) is 1. The Balaban J connectivity index is 2.00. The van der Waals surface area contributed by atoms with Crippen LogP contribution < -0.4 is 10.5 Å². The van der Waals surface area contributed by atoms with E-state index in [1.807, 2.05) is 0 Å². The molecule has 0 aliphatic heterocycles. The first-order valence-corrected chi connectivity index (χ1v) is 8.93. The zero-order valence-electron chi connectivity index (χ0n) is 11.2. The average Bonchev–Trinajstić information content (AvgIpc) is 2.46. The van der Waals surface area contributed by atoms with Gasteiger partial charge in [-0.2, -0.15) is 0 Å². The van der Waals surface area contributed by atoms with Gasteiger partial charge < -0.3 is 5.32 Å². The van der Waals surface area contributed by atoms with E-state index in [4.69, 9.17) is 16.7 Å². The van der Waals surface area contributed by atoms with Crippen LogP contribution in [0.25, 0.3) is 0 Å². The highest BCUT2D eigenvalue weighted by molar-refractivity contribution is 8.00. The molecule has 0 saturated carbocycles. The first-order chi connectivity index (χ1) is 10.4. The molecule has 0 saturated heterocycles. The van der Waals surface area contributed by atoms with Gasteiger partial charge in [-0.25, -0.2) is 18.5 Å². The first-order valence-electron chi connectivity index (χ1n) is 6.02. The molecule has 2 rings (SSSR count). The third kappa shape index (κ3) is 4.70. The maximum Gasteiger partial charge on any atom is 0.238 e. The lowest BCUT2D eigenvalue weighted by molar-refractivity contribution is -0.113. The molecule has 0 fully saturated rings. The van der Waals surface area contributed by atoms with Gasteiger partial charge in [0.05, 0.1) is 15.7 Å². The van der Waals surface area contributed by atoms with Crippen LogP contribution in [0.1, 0.15) is 0 Å². The molecule has 0 aliphatic carbocycles. The molecule has 0 radical (unpaired) electrons. The Morgan fingerprint density at radius 2 is 2.09 bits per heavy atom. The number of carbonyl (C=O) groups excluding carboxylic acids is 1. The van der Waals surface area contributed by atoms with E-state index in [9.17, 15) is 13.2 Å². The molecule has 1 heterocycles. The average molecular weight is 358 g/mol. The maximum atomic E-state index is 11.9. The third-order valence-corrected chi connectivity index (χ3v) is 4.84. The van der Waals surface area contributed by atoms with E-state index in [1.165, 1.54) is 30.0 Å². The summed E-state index contributed by atoms with van der Waals surface area (Å²) < 4.78 is 22.5. The van der Waals surface area contributed by atoms with E-state index in [1.54, 1.807) is 24.4 Å². The number of pyridine rings is 1. The molecule has 0 aliphatic rings. The van der Waals surface area contributed by atoms with Crippen LogP contribution in [0, 0.1) is 0 Å². The largest absolute Gasteiger partial charge is 0.325 e. The Bertz CT molecular complexity index is 797. The van der Waals surface area contributed by atoms with Crippen LogP contribution in [0.5, 0.6) is 0 Å². The molecule has 2 aromatic rings. The van der Waals surface area contributed by atoms with Gasteiger partial charge in [-0.05, 0) is 30.3 Å². The van der Waals surface area contributed by atoms with E-state index >= 15 is 0 Å². The van der Waals surface area contributed by atoms with Crippen LogP contribution in [0.2, 0.25) is 5.02 Å². The van der Waals surface area contributed by atoms with Gasteiger partial charge >= 0.3 is 0 Å². The fourth-order valence-electron chi connectivity index (χ4n) is 1.56. The molecular weight excluding hydrogens is 346 g/mol. The summed E-state index contributed by atoms with van der Waals surface area (Å²) in [6.45, 7) is 0. The second-order valence-corrected chi connectivity index (χ2v) is 7.13. The fraction of sp³-hybridized carbons (Fsp3) is 0.0769. The molecule has 0 atom stereocenters. The number of rotatable bonds is 5. The van der Waals surface area contributed by atoms with Crippen LogP contribution in [-0.4, -0.2) is 25.1 Å². The normalized spacial score (nSPS) is 11.2. The Kier molecular flexibility index (Phi) is 5.41. The molecule has 116 valence electrons. The molecule has 1 aromatic heterocycles. The monoisotopic (exact) mass is 357 g/mol. The van der Waals surface area contributed by atoms with Gasteiger partial charge in [-0.1, -0.05) is 29.4 Å². The molecule has 9 heteroatoms. The predicted octanol–water partition coefficient (Wildman–Crippen LogP) is 2.11. The SMILES string of the molecule is NS(=O)(=O)c1cccc(NC(=O)CSc2ncccc2Cl)c1. The van der Waals surface area contributed by atoms with E-state index in [-0.39, 0.29) is 16.6 Å². The van der Waals surface area contributed by atoms with Crippen molar-refractivity contribution in [1.29, 1.82) is 0 Å². The minimum Gasteiger partial charge on any atom is -0.325 e. The van der Waals surface area contributed by atoms with Crippen LogP contribution in [0.15, 0.2) is 52.5 Å². The van der Waals surface area contributed by atoms with Gasteiger partial charge in [0.25, 0.3) is 0 Å². The number of aromatic nitrogens is 1. The summed E-state index contributed by atoms with van der Waals surface area (Å²) in [5.41, 5.74) is 0.351. The van der Waals surface area contributed by atoms with E-state index in [0.29, 0.717) is 15.7 Å². The number of sulfonamides is 1. The van der Waals surface area contributed by atoms with Crippen molar-refractivity contribution >= 4 is 45.0 Å². The Morgan fingerprint density at radius 3 is 2.77 bits per heavy atom. The van der Waals surface area contributed by atoms with Gasteiger partial charge in [-0.15, -0.1) is 0 Å². The lowest BCUT2D eigenvalue weighted by Gasteiger charge is -2.07. The summed E-state index contributed by atoms with van der Waals surface area (Å²) in [6, 6.07) is 9.11. The smallest absolute Gasteiger partial charge is 0.238 e. The van der Waals surface area contributed by atoms with Crippen molar-refractivity contribution in [1.82, 2.24) is 4.98 Å². The Hall–Kier alpha value is -1.61. The molecular formula is C13H12ClN3O3S2. The highest BCUT2D eigenvalue weighted by Gasteiger charge is 2.10. The summed E-state index contributed by atoms with van der Waals surface area (Å²) in [5, 5.41) is 8.66. The zero-order chi connectivity index (χ0) is 16.2. The second-order valence-electron chi connectivity index (χ2n) is 4.20. The molecule has 0 unspecified atom stereocenters. The summed E-state index contributed by atoms with van der Waals surface area (Å²) in [4.78, 5) is 15.9. The quantitative estimate of drug-likeness (QED) is 0.798. The van der Waals surface area contributed by atoms with E-state index < -0.39 is 10.0 Å². The Labute approximate surface area is 137 Å². The van der Waals surface area contributed by atoms with Crippen molar-refractivity contribution in [2.45, 2.75) is 9.92 Å². The second kappa shape index (κ2) is 7.10. The molecule has 22 heavy (non-hydrogen) atoms. The number of nitrogens with zero attached hydrogens (tertiary/aromatic N) is 1. The molecule has 0 bridgehead atoms. The van der Waals surface area contributed by atoms with Crippen molar-refractivity contribution in [2.24, 2.45) is 5.14 Å². The van der Waals surface area contributed by atoms with Gasteiger partial charge in [0.2, 0.25) is 15.9 Å². The minimum atomic E-state index is -3.81. The van der Waals surface area contributed by atoms with Crippen LogP contribution >= 0.6 is 23.4 Å². The van der Waals surface area contributed by atoms with Gasteiger partial charge in [-0.3, -0.25) is 4.79 Å². The number of thioether (sulfide) groups is 1. The summed E-state index contributed by atoms with van der Waals surface area (Å²) in [7, 11) is -3.81. The Morgan fingerprint density at radius 1 is 1.32 bits per heavy atom. The number of hydrogen-bond acceptors (Lipinski definition) is 5. The molecule has 3 N–H and O–H groups in total. The van der Waals surface area contributed by atoms with Crippen LogP contribution in [0.4, 0.5) is 5.69 Å². The molecule has 6 nitrogen and oxygen atoms in total. The van der Waals surface area contributed by atoms with Crippen molar-refractivity contribution in [3.63, 3.8) is 0 Å². The lowest BCUT2D eigenvalue weighted by Crippen LogP contribution is -2.16. The van der Waals surface area contributed by atoms with Gasteiger partial charge in [0.15, 0.2) is 0 Å². The lowest BCUT2D eigenvalue weighted by atomic mass is 10.3. The van der Waals surface area contributed by atoms with E-state index in [0.717, 1.165) is 0 Å². The molecule has 1 aromatic carbocycles. The molecule has 0 spiro atoms. The summed E-state index contributed by atoms with van der Waals surface area (Å²) in [6.07, 6.45) is 1.59. The fourth-order valence-corrected chi connectivity index (χ4v) is 3.09. The number of carbonyl (C=O) groups is 1. The van der Waals surface area contributed by atoms with Crippen molar-refractivity contribution in [2.75, 3.05) is 11.1 Å². The van der Waals surface area contributed by atoms with Gasteiger partial charge in [0.1, 0.15) is 5.03 Å². The predicted molar refractivity (Wildman–Crippen MR) is 86.4 cm³/mol. The van der Waals surface area contributed by atoms with Crippen molar-refractivity contribution in [3.05, 3.63) is 47.6 Å². The number of halogens is 1. The van der Waals surface area contributed by atoms with Crippen molar-refractivity contribution in [3.8, 4) is 0 Å². The third-order valence-electron chi connectivity index (χ3n) is 2.51. The number of amides is 1. The van der Waals surface area contributed by atoms with Crippen molar-refractivity contribution < 1.29 is 13.2 Å². The maximum absolute atomic E-state index is 11.9. The number of hydrogen-bond donors (Lipinski definition) is 2. The number of nitrogens with two attached hydrogens (primary N) is 1. The first kappa shape index (κ1) is 16.8. The van der Waals surface area contributed by atoms with Crippen LogP contribution in [0.3, 0.4) is 0 Å². The standard InChI is InChI=1S/C13H12ClN3O3S2/c14-11-5-2-6-16-13(11)21-8-12(18)17-9-3-1-4-10(7-9)22(15,19)20/h1-7H,8H2,(H,17,18)(H2,15,19,20). The number of anilines is 1. The summed E-state index contributed by atoms with van der Waals surface area (Å²) in [5.74, 6) is -0.214. The molecule has 1 amide bonds. The summed E-state index contributed by atoms with van der Waals surface area (Å²) >= 11 is 7.13. The zero-order valence-corrected chi connectivity index (χ0v) is 13.6. The number of benzene rings is 1. The number of primary sulfonamides is 1. The minimum absolute atomic E-state index is 0.0641. The van der Waals surface area contributed by atoms with Gasteiger partial charge in [0, 0.05) is 11.9 Å².